The molecule has 3 rings (SSSR count). The van der Waals surface area contributed by atoms with E-state index in [1.54, 1.807) is 30.4 Å². The molecule has 0 unspecified atom stereocenters. The van der Waals surface area contributed by atoms with E-state index in [9.17, 15) is 14.9 Å². The van der Waals surface area contributed by atoms with Crippen LogP contribution >= 0.6 is 11.3 Å². The van der Waals surface area contributed by atoms with Gasteiger partial charge in [0.1, 0.15) is 5.00 Å². The smallest absolute Gasteiger partial charge is 0.341 e. The molecule has 0 radical (unpaired) electrons. The number of anilines is 1. The van der Waals surface area contributed by atoms with Crippen LogP contribution in [-0.4, -0.2) is 17.5 Å². The highest BCUT2D eigenvalue weighted by molar-refractivity contribution is 7.16. The minimum atomic E-state index is -0.413. The maximum absolute atomic E-state index is 12.4. The van der Waals surface area contributed by atoms with E-state index in [0.717, 1.165) is 41.8 Å². The van der Waals surface area contributed by atoms with E-state index >= 15 is 0 Å². The van der Waals surface area contributed by atoms with Crippen LogP contribution in [0.4, 0.5) is 10.7 Å². The van der Waals surface area contributed by atoms with Crippen LogP contribution in [0.25, 0.3) is 0 Å². The lowest BCUT2D eigenvalue weighted by atomic mass is 9.95. The number of thiophene rings is 1. The second kappa shape index (κ2) is 7.65. The zero-order valence-electron chi connectivity index (χ0n) is 14.0. The van der Waals surface area contributed by atoms with Crippen LogP contribution < -0.4 is 5.32 Å². The summed E-state index contributed by atoms with van der Waals surface area (Å²) in [5.41, 5.74) is 2.79. The van der Waals surface area contributed by atoms with Gasteiger partial charge in [0.25, 0.3) is 5.69 Å². The number of nitro groups is 1. The third kappa shape index (κ3) is 3.82. The van der Waals surface area contributed by atoms with Crippen molar-refractivity contribution < 1.29 is 14.5 Å². The van der Waals surface area contributed by atoms with Crippen molar-refractivity contribution >= 4 is 28.0 Å². The molecule has 1 aliphatic carbocycles. The Bertz CT molecular complexity index is 783. The number of ether oxygens (including phenoxy) is 1. The average Bonchev–Trinajstić information content (AvgIpc) is 2.99. The monoisotopic (exact) mass is 360 g/mol. The Morgan fingerprint density at radius 1 is 1.28 bits per heavy atom. The first-order valence-electron chi connectivity index (χ1n) is 8.39. The van der Waals surface area contributed by atoms with Crippen LogP contribution in [0.15, 0.2) is 24.3 Å². The molecule has 0 amide bonds. The first kappa shape index (κ1) is 17.4. The van der Waals surface area contributed by atoms with E-state index in [1.807, 2.05) is 0 Å². The van der Waals surface area contributed by atoms with E-state index in [1.165, 1.54) is 17.0 Å². The Hall–Kier alpha value is -2.41. The molecule has 1 aromatic heterocycles. The lowest BCUT2D eigenvalue weighted by Gasteiger charge is -2.12. The molecular formula is C18H20N2O4S. The molecule has 0 saturated carbocycles. The molecule has 0 aliphatic heterocycles. The van der Waals surface area contributed by atoms with Crippen molar-refractivity contribution in [3.63, 3.8) is 0 Å². The van der Waals surface area contributed by atoms with E-state index in [0.29, 0.717) is 18.7 Å². The zero-order valence-corrected chi connectivity index (χ0v) is 14.9. The molecule has 1 aliphatic rings. The number of benzene rings is 1. The van der Waals surface area contributed by atoms with Crippen molar-refractivity contribution in [1.29, 1.82) is 0 Å². The maximum atomic E-state index is 12.4. The second-order valence-electron chi connectivity index (χ2n) is 5.91. The molecule has 1 aromatic carbocycles. The van der Waals surface area contributed by atoms with Gasteiger partial charge < -0.3 is 10.1 Å². The van der Waals surface area contributed by atoms with E-state index in [-0.39, 0.29) is 11.7 Å². The molecule has 0 saturated heterocycles. The van der Waals surface area contributed by atoms with Crippen molar-refractivity contribution in [2.24, 2.45) is 0 Å². The Kier molecular flexibility index (Phi) is 5.33. The minimum Gasteiger partial charge on any atom is -0.462 e. The molecule has 0 atom stereocenters. The predicted octanol–water partition coefficient (Wildman–Crippen LogP) is 4.32. The first-order valence-corrected chi connectivity index (χ1v) is 9.20. The number of non-ortho nitro benzene ring substituents is 1. The topological polar surface area (TPSA) is 81.5 Å². The highest BCUT2D eigenvalue weighted by Crippen LogP contribution is 2.38. The number of carbonyl (C=O) groups excluding carboxylic acids is 1. The first-order chi connectivity index (χ1) is 12.1. The summed E-state index contributed by atoms with van der Waals surface area (Å²) >= 11 is 1.62. The number of nitrogens with one attached hydrogen (secondary N) is 1. The van der Waals surface area contributed by atoms with Gasteiger partial charge in [-0.1, -0.05) is 12.1 Å². The third-order valence-electron chi connectivity index (χ3n) is 4.25. The molecular weight excluding hydrogens is 340 g/mol. The van der Waals surface area contributed by atoms with Gasteiger partial charge >= 0.3 is 5.97 Å². The summed E-state index contributed by atoms with van der Waals surface area (Å²) in [6.07, 6.45) is 4.17. The summed E-state index contributed by atoms with van der Waals surface area (Å²) in [7, 11) is 0. The molecule has 0 bridgehead atoms. The second-order valence-corrected chi connectivity index (χ2v) is 7.02. The maximum Gasteiger partial charge on any atom is 0.341 e. The highest BCUT2D eigenvalue weighted by Gasteiger charge is 2.26. The standard InChI is InChI=1S/C18H20N2O4S/c1-2-24-18(21)16-14-5-3-4-6-15(14)25-17(16)19-11-12-7-9-13(10-8-12)20(22)23/h7-10,19H,2-6,11H2,1H3. The Morgan fingerprint density at radius 3 is 2.68 bits per heavy atom. The Morgan fingerprint density at radius 2 is 2.00 bits per heavy atom. The van der Waals surface area contributed by atoms with E-state index < -0.39 is 4.92 Å². The van der Waals surface area contributed by atoms with E-state index in [2.05, 4.69) is 5.32 Å². The molecule has 0 fully saturated rings. The minimum absolute atomic E-state index is 0.0718. The fraction of sp³-hybridized carbons (Fsp3) is 0.389. The van der Waals surface area contributed by atoms with Gasteiger partial charge in [-0.2, -0.15) is 0 Å². The fourth-order valence-electron chi connectivity index (χ4n) is 3.03. The largest absolute Gasteiger partial charge is 0.462 e. The van der Waals surface area contributed by atoms with Crippen molar-refractivity contribution in [1.82, 2.24) is 0 Å². The molecule has 1 N–H and O–H groups in total. The molecule has 132 valence electrons. The number of rotatable bonds is 6. The lowest BCUT2D eigenvalue weighted by molar-refractivity contribution is -0.384. The van der Waals surface area contributed by atoms with Gasteiger partial charge in [-0.15, -0.1) is 11.3 Å². The number of esters is 1. The van der Waals surface area contributed by atoms with Crippen molar-refractivity contribution in [2.45, 2.75) is 39.2 Å². The normalized spacial score (nSPS) is 13.2. The molecule has 7 heteroatoms. The van der Waals surface area contributed by atoms with Gasteiger partial charge in [0.2, 0.25) is 0 Å². The number of fused-ring (bicyclic) bond motifs is 1. The molecule has 1 heterocycles. The molecule has 0 spiro atoms. The number of nitrogens with zero attached hydrogens (tertiary/aromatic N) is 1. The van der Waals surface area contributed by atoms with Gasteiger partial charge in [0, 0.05) is 23.6 Å². The number of carbonyl (C=O) groups is 1. The SMILES string of the molecule is CCOC(=O)c1c(NCc2ccc([N+](=O)[O-])cc2)sc2c1CCCC2. The zero-order chi connectivity index (χ0) is 17.8. The third-order valence-corrected chi connectivity index (χ3v) is 5.50. The highest BCUT2D eigenvalue weighted by atomic mass is 32.1. The average molecular weight is 360 g/mol. The van der Waals surface area contributed by atoms with Crippen molar-refractivity contribution in [3.05, 3.63) is 55.9 Å². The fourth-order valence-corrected chi connectivity index (χ4v) is 4.30. The number of hydrogen-bond acceptors (Lipinski definition) is 6. The summed E-state index contributed by atoms with van der Waals surface area (Å²) in [5.74, 6) is -0.270. The van der Waals surface area contributed by atoms with Gasteiger partial charge in [0.15, 0.2) is 0 Å². The van der Waals surface area contributed by atoms with Gasteiger partial charge in [-0.05, 0) is 43.7 Å². The summed E-state index contributed by atoms with van der Waals surface area (Å²) in [4.78, 5) is 24.0. The number of nitro benzene ring substituents is 1. The molecule has 6 nitrogen and oxygen atoms in total. The summed E-state index contributed by atoms with van der Waals surface area (Å²) in [6.45, 7) is 2.66. The van der Waals surface area contributed by atoms with Crippen LogP contribution in [0, 0.1) is 10.1 Å². The van der Waals surface area contributed by atoms with Crippen molar-refractivity contribution in [2.75, 3.05) is 11.9 Å². The van der Waals surface area contributed by atoms with Gasteiger partial charge in [-0.25, -0.2) is 4.79 Å². The Labute approximate surface area is 150 Å². The summed E-state index contributed by atoms with van der Waals surface area (Å²) < 4.78 is 5.24. The summed E-state index contributed by atoms with van der Waals surface area (Å²) in [6, 6.07) is 6.43. The lowest BCUT2D eigenvalue weighted by Crippen LogP contribution is -2.11. The predicted molar refractivity (Wildman–Crippen MR) is 97.3 cm³/mol. The van der Waals surface area contributed by atoms with Crippen LogP contribution in [0.3, 0.4) is 0 Å². The van der Waals surface area contributed by atoms with Crippen molar-refractivity contribution in [3.8, 4) is 0 Å². The number of hydrogen-bond donors (Lipinski definition) is 1. The van der Waals surface area contributed by atoms with Crippen LogP contribution in [0.2, 0.25) is 0 Å². The molecule has 25 heavy (non-hydrogen) atoms. The van der Waals surface area contributed by atoms with E-state index in [4.69, 9.17) is 4.74 Å². The molecule has 2 aromatic rings. The van der Waals surface area contributed by atoms with Crippen LogP contribution in [0.5, 0.6) is 0 Å². The summed E-state index contributed by atoms with van der Waals surface area (Å²) in [5, 5.41) is 14.9. The quantitative estimate of drug-likeness (QED) is 0.471. The Balaban J connectivity index is 1.80. The number of aryl methyl sites for hydroxylation is 1. The van der Waals surface area contributed by atoms with Gasteiger partial charge in [-0.3, -0.25) is 10.1 Å². The van der Waals surface area contributed by atoms with Crippen LogP contribution in [-0.2, 0) is 24.1 Å². The van der Waals surface area contributed by atoms with Crippen LogP contribution in [0.1, 0.15) is 46.1 Å². The van der Waals surface area contributed by atoms with Gasteiger partial charge in [0.05, 0.1) is 17.1 Å².